The van der Waals surface area contributed by atoms with E-state index in [1.807, 2.05) is 0 Å². The number of hydrogen-bond acceptors (Lipinski definition) is 8. The molecule has 11 nitrogen and oxygen atoms in total. The van der Waals surface area contributed by atoms with Crippen molar-refractivity contribution in [2.75, 3.05) is 20.8 Å². The fourth-order valence-electron chi connectivity index (χ4n) is 4.96. The van der Waals surface area contributed by atoms with Gasteiger partial charge in [-0.05, 0) is 44.7 Å². The predicted molar refractivity (Wildman–Crippen MR) is 175 cm³/mol. The second-order valence-corrected chi connectivity index (χ2v) is 11.2. The van der Waals surface area contributed by atoms with Crippen LogP contribution in [0.15, 0.2) is 34.1 Å². The van der Waals surface area contributed by atoms with E-state index in [2.05, 4.69) is 18.5 Å². The highest BCUT2D eigenvalue weighted by Gasteiger charge is 2.33. The van der Waals surface area contributed by atoms with Crippen LogP contribution in [0.2, 0.25) is 0 Å². The first-order valence-electron chi connectivity index (χ1n) is 15.7. The molecule has 0 bridgehead atoms. The molecule has 4 aromatic rings. The number of rotatable bonds is 7. The van der Waals surface area contributed by atoms with Gasteiger partial charge in [-0.3, -0.25) is 9.59 Å². The van der Waals surface area contributed by atoms with Crippen LogP contribution < -0.4 is 20.3 Å². The number of methoxy groups -OCH3 is 2. The molecule has 2 aliphatic rings. The van der Waals surface area contributed by atoms with E-state index in [0.717, 1.165) is 32.2 Å². The van der Waals surface area contributed by atoms with Crippen molar-refractivity contribution in [2.24, 2.45) is 0 Å². The van der Waals surface area contributed by atoms with Gasteiger partial charge in [-0.1, -0.05) is 20.3 Å². The molecule has 2 heterocycles. The summed E-state index contributed by atoms with van der Waals surface area (Å²) < 4.78 is 96.0. The van der Waals surface area contributed by atoms with Gasteiger partial charge < -0.3 is 33.5 Å². The topological polar surface area (TPSA) is 146 Å². The second kappa shape index (κ2) is 17.3. The lowest BCUT2D eigenvalue weighted by molar-refractivity contribution is 0.0682. The third-order valence-electron chi connectivity index (χ3n) is 7.27. The Hall–Kier alpha value is -5.00. The molecule has 2 aromatic carbocycles. The molecule has 18 heteroatoms. The van der Waals surface area contributed by atoms with E-state index >= 15 is 0 Å². The van der Waals surface area contributed by atoms with Crippen molar-refractivity contribution in [2.45, 2.75) is 65.0 Å². The lowest BCUT2D eigenvalue weighted by Gasteiger charge is -2.16. The molecular weight excluding hydrogens is 693 g/mol. The van der Waals surface area contributed by atoms with E-state index in [4.69, 9.17) is 19.7 Å². The molecule has 2 N–H and O–H groups in total. The summed E-state index contributed by atoms with van der Waals surface area (Å²) in [6.07, 6.45) is 6.34. The predicted octanol–water partition coefficient (Wildman–Crippen LogP) is 6.44. The van der Waals surface area contributed by atoms with Crippen molar-refractivity contribution in [3.05, 3.63) is 79.4 Å². The summed E-state index contributed by atoms with van der Waals surface area (Å²) in [5.74, 6) is -8.87. The van der Waals surface area contributed by atoms with Crippen molar-refractivity contribution >= 4 is 41.2 Å². The average molecular weight is 728 g/mol. The third kappa shape index (κ3) is 8.85. The minimum absolute atomic E-state index is 0.0301. The first kappa shape index (κ1) is 40.4. The number of halogens is 6. The van der Waals surface area contributed by atoms with E-state index in [9.17, 15) is 45.4 Å². The summed E-state index contributed by atoms with van der Waals surface area (Å²) in [5.41, 5.74) is -2.98. The summed E-state index contributed by atoms with van der Waals surface area (Å²) >= 11 is 0. The van der Waals surface area contributed by atoms with Crippen LogP contribution in [0, 0.1) is 23.3 Å². The number of benzene rings is 2. The standard InChI is InChI=1S/C14H10BF4NO4.C14H11F2NO4.C3H8.C2H6O/c1-23-13-10(17)9(16)4-7-11(13)20(6-2-3-6)5-8(12(7)21)14(22)24-15(18)19;1-21-13-10(16)9(15)4-7-11(13)17(6-2-3-6)5-8(12(7)18)14(19)20;1-3-2;1-2-3/h4-6H,2-3H2,1H3;4-6H,2-3H2,1H3,(H,19,20);3H2,1-2H3;3H,2H2,1H3. The second-order valence-electron chi connectivity index (χ2n) is 11.2. The van der Waals surface area contributed by atoms with Crippen LogP contribution in [0.25, 0.3) is 21.8 Å². The lowest BCUT2D eigenvalue weighted by Crippen LogP contribution is -2.24. The zero-order valence-electron chi connectivity index (χ0n) is 28.2. The fraction of sp³-hybridized carbons (Fsp3) is 0.394. The number of nitrogens with zero attached hydrogens (tertiary/aromatic N) is 2. The van der Waals surface area contributed by atoms with E-state index in [-0.39, 0.29) is 46.2 Å². The van der Waals surface area contributed by atoms with Gasteiger partial charge in [0.2, 0.25) is 22.5 Å². The molecule has 0 saturated heterocycles. The van der Waals surface area contributed by atoms with Gasteiger partial charge in [0.1, 0.15) is 11.1 Å². The molecule has 2 aromatic heterocycles. The molecule has 0 aliphatic heterocycles. The number of pyridine rings is 2. The maximum Gasteiger partial charge on any atom is 0.798 e. The average Bonchev–Trinajstić information content (AvgIpc) is 3.99. The van der Waals surface area contributed by atoms with Crippen LogP contribution in [-0.2, 0) is 4.65 Å². The molecule has 51 heavy (non-hydrogen) atoms. The number of carboxylic acid groups (broad SMARTS) is 1. The summed E-state index contributed by atoms with van der Waals surface area (Å²) in [6.45, 7) is 6.18. The quantitative estimate of drug-likeness (QED) is 0.162. The number of hydrogen-bond donors (Lipinski definition) is 2. The lowest BCUT2D eigenvalue weighted by atomic mass is 10.1. The molecule has 276 valence electrons. The third-order valence-corrected chi connectivity index (χ3v) is 7.27. The van der Waals surface area contributed by atoms with Crippen LogP contribution in [0.4, 0.5) is 26.2 Å². The number of ether oxygens (including phenoxy) is 2. The Balaban J connectivity index is 0.000000240. The maximum absolute atomic E-state index is 14.0. The molecular formula is C33H35BF6N2O9. The van der Waals surface area contributed by atoms with Gasteiger partial charge in [0.15, 0.2) is 23.1 Å². The zero-order valence-corrected chi connectivity index (χ0v) is 28.2. The Morgan fingerprint density at radius 1 is 0.784 bits per heavy atom. The zero-order chi connectivity index (χ0) is 38.3. The number of aliphatic hydroxyl groups is 1. The number of carboxylic acids is 1. The molecule has 0 radical (unpaired) electrons. The molecule has 0 unspecified atom stereocenters. The number of carbonyl (C=O) groups excluding carboxylic acids is 1. The highest BCUT2D eigenvalue weighted by Crippen LogP contribution is 2.41. The summed E-state index contributed by atoms with van der Waals surface area (Å²) in [7, 11) is -1.12. The minimum Gasteiger partial charge on any atom is -0.491 e. The van der Waals surface area contributed by atoms with Crippen molar-refractivity contribution in [1.82, 2.24) is 9.13 Å². The first-order chi connectivity index (χ1) is 24.1. The van der Waals surface area contributed by atoms with Gasteiger partial charge in [0.25, 0.3) is 0 Å². The smallest absolute Gasteiger partial charge is 0.491 e. The van der Waals surface area contributed by atoms with Crippen molar-refractivity contribution < 1.29 is 60.1 Å². The first-order valence-corrected chi connectivity index (χ1v) is 15.7. The Morgan fingerprint density at radius 3 is 1.45 bits per heavy atom. The van der Waals surface area contributed by atoms with Crippen LogP contribution in [-0.4, -0.2) is 59.6 Å². The molecule has 2 aliphatic carbocycles. The highest BCUT2D eigenvalue weighted by molar-refractivity contribution is 6.38. The molecule has 2 fully saturated rings. The number of aromatic nitrogens is 2. The summed E-state index contributed by atoms with van der Waals surface area (Å²) in [6, 6.07) is 1.13. The van der Waals surface area contributed by atoms with Gasteiger partial charge in [0, 0.05) is 31.1 Å². The van der Waals surface area contributed by atoms with Crippen LogP contribution >= 0.6 is 0 Å². The number of fused-ring (bicyclic) bond motifs is 2. The largest absolute Gasteiger partial charge is 0.798 e. The van der Waals surface area contributed by atoms with Crippen LogP contribution in [0.1, 0.15) is 85.7 Å². The molecule has 0 spiro atoms. The van der Waals surface area contributed by atoms with E-state index in [0.29, 0.717) is 18.9 Å². The van der Waals surface area contributed by atoms with Crippen molar-refractivity contribution in [3.63, 3.8) is 0 Å². The van der Waals surface area contributed by atoms with Crippen LogP contribution in [0.3, 0.4) is 0 Å². The van der Waals surface area contributed by atoms with Gasteiger partial charge in [-0.25, -0.2) is 27.0 Å². The minimum atomic E-state index is -3.40. The molecule has 6 rings (SSSR count). The van der Waals surface area contributed by atoms with Gasteiger partial charge in [-0.15, -0.1) is 0 Å². The Bertz CT molecular complexity index is 2040. The maximum atomic E-state index is 14.0. The Morgan fingerprint density at radius 2 is 1.14 bits per heavy atom. The van der Waals surface area contributed by atoms with Crippen molar-refractivity contribution in [3.8, 4) is 11.5 Å². The molecule has 0 atom stereocenters. The van der Waals surface area contributed by atoms with E-state index < -0.39 is 70.4 Å². The summed E-state index contributed by atoms with van der Waals surface area (Å²) in [5, 5.41) is 16.1. The van der Waals surface area contributed by atoms with Crippen LogP contribution in [0.5, 0.6) is 11.5 Å². The van der Waals surface area contributed by atoms with E-state index in [1.165, 1.54) is 28.9 Å². The van der Waals surface area contributed by atoms with Gasteiger partial charge in [-0.2, -0.15) is 8.78 Å². The number of aliphatic hydroxyl groups excluding tert-OH is 1. The van der Waals surface area contributed by atoms with Crippen molar-refractivity contribution in [1.29, 1.82) is 0 Å². The molecule has 0 amide bonds. The van der Waals surface area contributed by atoms with Gasteiger partial charge >= 0.3 is 19.4 Å². The number of aromatic carboxylic acids is 1. The SMILES string of the molecule is CCC.CCO.COc1c(F)c(F)cc2c(=O)c(C(=O)O)cn(C3CC3)c12.COc1c(F)c(F)cc2c(=O)c(C(=O)OB(F)F)cn(C3CC3)c12. The van der Waals surface area contributed by atoms with E-state index in [1.54, 1.807) is 6.92 Å². The Kier molecular flexibility index (Phi) is 13.7. The Labute approximate surface area is 287 Å². The fourth-order valence-corrected chi connectivity index (χ4v) is 4.96. The summed E-state index contributed by atoms with van der Waals surface area (Å²) in [4.78, 5) is 47.4. The highest BCUT2D eigenvalue weighted by atomic mass is 19.2. The monoisotopic (exact) mass is 728 g/mol. The molecule has 2 saturated carbocycles. The number of carbonyl (C=O) groups is 2. The normalized spacial score (nSPS) is 13.2. The van der Waals surface area contributed by atoms with Gasteiger partial charge in [0.05, 0.1) is 36.0 Å².